The molecule has 1 saturated heterocycles. The Bertz CT molecular complexity index is 463. The molecule has 0 unspecified atom stereocenters. The molecule has 1 aliphatic rings. The van der Waals surface area contributed by atoms with Crippen molar-refractivity contribution in [2.75, 3.05) is 24.6 Å². The van der Waals surface area contributed by atoms with Gasteiger partial charge in [0.2, 0.25) is 0 Å². The number of hydrogen-bond acceptors (Lipinski definition) is 4. The van der Waals surface area contributed by atoms with Gasteiger partial charge in [-0.2, -0.15) is 0 Å². The van der Waals surface area contributed by atoms with Gasteiger partial charge in [-0.15, -0.1) is 0 Å². The van der Waals surface area contributed by atoms with Gasteiger partial charge in [-0.25, -0.2) is 4.39 Å². The van der Waals surface area contributed by atoms with Gasteiger partial charge < -0.3 is 10.0 Å². The molecule has 0 radical (unpaired) electrons. The van der Waals surface area contributed by atoms with E-state index in [0.717, 1.165) is 0 Å². The van der Waals surface area contributed by atoms with Gasteiger partial charge in [-0.05, 0) is 22.6 Å². The van der Waals surface area contributed by atoms with Gasteiger partial charge in [-0.1, -0.05) is 0 Å². The van der Waals surface area contributed by atoms with Gasteiger partial charge in [-0.3, -0.25) is 10.1 Å². The standard InChI is InChI=1S/C10H10FIN2O3/c11-7-1-9(13-3-6(4-13)5-15)10(14(16)17)2-8(7)12/h1-2,6,15H,3-5H2. The van der Waals surface area contributed by atoms with E-state index in [-0.39, 0.29) is 27.5 Å². The van der Waals surface area contributed by atoms with Crippen LogP contribution in [0.25, 0.3) is 0 Å². The first kappa shape index (κ1) is 12.5. The fraction of sp³-hybridized carbons (Fsp3) is 0.400. The van der Waals surface area contributed by atoms with Crippen LogP contribution in [-0.2, 0) is 0 Å². The van der Waals surface area contributed by atoms with Crippen LogP contribution in [0.3, 0.4) is 0 Å². The van der Waals surface area contributed by atoms with Crippen molar-refractivity contribution >= 4 is 34.0 Å². The van der Waals surface area contributed by atoms with E-state index >= 15 is 0 Å². The SMILES string of the molecule is O=[N+]([O-])c1cc(I)c(F)cc1N1CC(CO)C1. The molecule has 0 aromatic heterocycles. The second-order valence-electron chi connectivity index (χ2n) is 3.97. The van der Waals surface area contributed by atoms with E-state index in [2.05, 4.69) is 0 Å². The van der Waals surface area contributed by atoms with Crippen molar-refractivity contribution < 1.29 is 14.4 Å². The third-order valence-corrected chi connectivity index (χ3v) is 3.60. The highest BCUT2D eigenvalue weighted by Crippen LogP contribution is 2.35. The predicted molar refractivity (Wildman–Crippen MR) is 68.6 cm³/mol. The van der Waals surface area contributed by atoms with Gasteiger partial charge in [0.15, 0.2) is 0 Å². The molecule has 0 amide bonds. The third kappa shape index (κ3) is 2.34. The van der Waals surface area contributed by atoms with Crippen LogP contribution in [0.15, 0.2) is 12.1 Å². The predicted octanol–water partition coefficient (Wildman–Crippen LogP) is 1.77. The highest BCUT2D eigenvalue weighted by atomic mass is 127. The molecule has 17 heavy (non-hydrogen) atoms. The Labute approximate surface area is 111 Å². The fourth-order valence-corrected chi connectivity index (χ4v) is 2.26. The molecule has 0 atom stereocenters. The third-order valence-electron chi connectivity index (χ3n) is 2.77. The number of aliphatic hydroxyl groups is 1. The summed E-state index contributed by atoms with van der Waals surface area (Å²) in [4.78, 5) is 12.1. The number of hydrogen-bond donors (Lipinski definition) is 1. The maximum absolute atomic E-state index is 13.4. The number of anilines is 1. The van der Waals surface area contributed by atoms with Crippen LogP contribution in [-0.4, -0.2) is 29.7 Å². The minimum atomic E-state index is -0.511. The van der Waals surface area contributed by atoms with Gasteiger partial charge in [0.25, 0.3) is 5.69 Å². The maximum Gasteiger partial charge on any atom is 0.293 e. The first-order valence-corrected chi connectivity index (χ1v) is 6.10. The number of halogens is 2. The second-order valence-corrected chi connectivity index (χ2v) is 5.13. The van der Waals surface area contributed by atoms with Crippen molar-refractivity contribution in [1.29, 1.82) is 0 Å². The first-order valence-electron chi connectivity index (χ1n) is 5.02. The lowest BCUT2D eigenvalue weighted by Crippen LogP contribution is -2.48. The number of nitrogens with zero attached hydrogens (tertiary/aromatic N) is 2. The fourth-order valence-electron chi connectivity index (χ4n) is 1.81. The van der Waals surface area contributed by atoms with Crippen LogP contribution in [0.2, 0.25) is 0 Å². The molecule has 5 nitrogen and oxygen atoms in total. The van der Waals surface area contributed by atoms with Crippen molar-refractivity contribution in [3.63, 3.8) is 0 Å². The number of nitro groups is 1. The van der Waals surface area contributed by atoms with Crippen LogP contribution in [0, 0.1) is 25.4 Å². The molecule has 1 aromatic rings. The van der Waals surface area contributed by atoms with E-state index < -0.39 is 10.7 Å². The van der Waals surface area contributed by atoms with Gasteiger partial charge in [0.05, 0.1) is 8.49 Å². The van der Waals surface area contributed by atoms with Crippen LogP contribution >= 0.6 is 22.6 Å². The van der Waals surface area contributed by atoms with E-state index in [1.807, 2.05) is 0 Å². The maximum atomic E-state index is 13.4. The smallest absolute Gasteiger partial charge is 0.293 e. The summed E-state index contributed by atoms with van der Waals surface area (Å²) >= 11 is 1.73. The summed E-state index contributed by atoms with van der Waals surface area (Å²) in [7, 11) is 0. The molecule has 0 spiro atoms. The van der Waals surface area contributed by atoms with Gasteiger partial charge in [0, 0.05) is 37.7 Å². The summed E-state index contributed by atoms with van der Waals surface area (Å²) in [6.07, 6.45) is 0. The Balaban J connectivity index is 2.33. The molecule has 1 aliphatic heterocycles. The molecule has 0 saturated carbocycles. The summed E-state index contributed by atoms with van der Waals surface area (Å²) in [5, 5.41) is 19.8. The zero-order chi connectivity index (χ0) is 12.6. The zero-order valence-corrected chi connectivity index (χ0v) is 10.9. The largest absolute Gasteiger partial charge is 0.396 e. The van der Waals surface area contributed by atoms with Crippen LogP contribution in [0.1, 0.15) is 0 Å². The highest BCUT2D eigenvalue weighted by Gasteiger charge is 2.31. The summed E-state index contributed by atoms with van der Waals surface area (Å²) in [6, 6.07) is 2.42. The second kappa shape index (κ2) is 4.73. The molecule has 0 aliphatic carbocycles. The van der Waals surface area contributed by atoms with E-state index in [1.165, 1.54) is 12.1 Å². The molecule has 92 valence electrons. The Morgan fingerprint density at radius 2 is 2.24 bits per heavy atom. The summed E-state index contributed by atoms with van der Waals surface area (Å²) in [6.45, 7) is 1.10. The van der Waals surface area contributed by atoms with Gasteiger partial charge in [0.1, 0.15) is 11.5 Å². The Morgan fingerprint density at radius 3 is 2.76 bits per heavy atom. The summed E-state index contributed by atoms with van der Waals surface area (Å²) in [5.41, 5.74) is 0.199. The average molecular weight is 352 g/mol. The van der Waals surface area contributed by atoms with Crippen LogP contribution in [0.4, 0.5) is 15.8 Å². The molecule has 2 rings (SSSR count). The molecular formula is C10H10FIN2O3. The Kier molecular flexibility index (Phi) is 3.48. The number of rotatable bonds is 3. The quantitative estimate of drug-likeness (QED) is 0.512. The lowest BCUT2D eigenvalue weighted by atomic mass is 10.00. The van der Waals surface area contributed by atoms with E-state index in [0.29, 0.717) is 13.1 Å². The molecular weight excluding hydrogens is 342 g/mol. The number of benzene rings is 1. The summed E-state index contributed by atoms with van der Waals surface area (Å²) in [5.74, 6) is -0.337. The average Bonchev–Trinajstić information content (AvgIpc) is 2.21. The zero-order valence-electron chi connectivity index (χ0n) is 8.77. The topological polar surface area (TPSA) is 66.6 Å². The van der Waals surface area contributed by atoms with Gasteiger partial charge >= 0.3 is 0 Å². The van der Waals surface area contributed by atoms with Crippen LogP contribution < -0.4 is 4.90 Å². The first-order chi connectivity index (χ1) is 8.02. The minimum absolute atomic E-state index is 0.0527. The normalized spacial score (nSPS) is 15.8. The highest BCUT2D eigenvalue weighted by molar-refractivity contribution is 14.1. The molecule has 7 heteroatoms. The van der Waals surface area contributed by atoms with Crippen molar-refractivity contribution in [2.24, 2.45) is 5.92 Å². The molecule has 0 bridgehead atoms. The summed E-state index contributed by atoms with van der Waals surface area (Å²) < 4.78 is 13.6. The molecule has 1 heterocycles. The molecule has 1 aromatic carbocycles. The lowest BCUT2D eigenvalue weighted by molar-refractivity contribution is -0.384. The number of aliphatic hydroxyl groups excluding tert-OH is 1. The van der Waals surface area contributed by atoms with Crippen molar-refractivity contribution in [2.45, 2.75) is 0 Å². The molecule has 1 fully saturated rings. The van der Waals surface area contributed by atoms with E-state index in [4.69, 9.17) is 5.11 Å². The Morgan fingerprint density at radius 1 is 1.59 bits per heavy atom. The minimum Gasteiger partial charge on any atom is -0.396 e. The van der Waals surface area contributed by atoms with Crippen molar-refractivity contribution in [3.05, 3.63) is 31.6 Å². The Hall–Kier alpha value is -0.960. The number of nitro benzene ring substituents is 1. The van der Waals surface area contributed by atoms with E-state index in [1.54, 1.807) is 27.5 Å². The molecule has 1 N–H and O–H groups in total. The van der Waals surface area contributed by atoms with Crippen molar-refractivity contribution in [1.82, 2.24) is 0 Å². The van der Waals surface area contributed by atoms with Crippen LogP contribution in [0.5, 0.6) is 0 Å². The van der Waals surface area contributed by atoms with E-state index in [9.17, 15) is 14.5 Å². The monoisotopic (exact) mass is 352 g/mol. The lowest BCUT2D eigenvalue weighted by Gasteiger charge is -2.39. The van der Waals surface area contributed by atoms with Crippen molar-refractivity contribution in [3.8, 4) is 0 Å².